The highest BCUT2D eigenvalue weighted by atomic mass is 16.5. The van der Waals surface area contributed by atoms with E-state index in [1.807, 2.05) is 0 Å². The minimum atomic E-state index is -0.309. The van der Waals surface area contributed by atoms with Gasteiger partial charge in [0, 0.05) is 103 Å². The molecule has 6 aliphatic heterocycles. The third-order valence-electron chi connectivity index (χ3n) is 19.9. The maximum Gasteiger partial charge on any atom is 0.265 e. The minimum absolute atomic E-state index is 0.191. The second-order valence-corrected chi connectivity index (χ2v) is 25.0. The molecule has 14 aromatic rings. The fraction of sp³-hybridized carbons (Fsp3) is 0. The summed E-state index contributed by atoms with van der Waals surface area (Å²) < 4.78 is 22.4. The lowest BCUT2D eigenvalue weighted by molar-refractivity contribution is 0.457. The van der Waals surface area contributed by atoms with Gasteiger partial charge in [0.25, 0.3) is 20.1 Å². The summed E-state index contributed by atoms with van der Waals surface area (Å²) in [5.74, 6) is 4.62. The lowest BCUT2D eigenvalue weighted by Crippen LogP contribution is -2.66. The van der Waals surface area contributed by atoms with Gasteiger partial charge in [0.2, 0.25) is 0 Å². The van der Waals surface area contributed by atoms with E-state index in [1.54, 1.807) is 0 Å². The van der Waals surface area contributed by atoms with Gasteiger partial charge in [-0.2, -0.15) is 0 Å². The number of hydrogen-bond acceptors (Lipinski definition) is 8. The molecule has 11 heteroatoms. The van der Waals surface area contributed by atoms with E-state index >= 15 is 0 Å². The summed E-state index contributed by atoms with van der Waals surface area (Å²) in [6.07, 6.45) is 0. The van der Waals surface area contributed by atoms with Crippen molar-refractivity contribution < 1.29 is 14.2 Å². The summed E-state index contributed by atoms with van der Waals surface area (Å²) in [5.41, 5.74) is 25.8. The van der Waals surface area contributed by atoms with E-state index in [2.05, 4.69) is 352 Å². The molecule has 14 aromatic carbocycles. The van der Waals surface area contributed by atoms with Crippen LogP contribution in [0.1, 0.15) is 0 Å². The SMILES string of the molecule is c1ccc(N(c2ccccc2)c2cc3c4c(c2)Oc2cc5c6c(c2B4c2ccccc2O3)Oc2ccccc2B6c2cc3c(cc2N5c2ccccc2)N(c2ccccc2)c2cc(N(c4ccccc4)c4ccccc4)cc4c2B3c2ccccc2N4c2ccccc2)cc1. The Balaban J connectivity index is 0.864. The molecule has 95 heavy (non-hydrogen) atoms. The number of benzene rings is 14. The first-order valence-corrected chi connectivity index (χ1v) is 32.6. The van der Waals surface area contributed by atoms with Crippen LogP contribution in [0.4, 0.5) is 85.3 Å². The Bertz CT molecular complexity index is 5330. The first kappa shape index (κ1) is 53.3. The second kappa shape index (κ2) is 21.1. The fourth-order valence-corrected chi connectivity index (χ4v) is 16.1. The highest BCUT2D eigenvalue weighted by Gasteiger charge is 2.52. The molecule has 0 unspecified atom stereocenters. The molecule has 0 aromatic heterocycles. The van der Waals surface area contributed by atoms with Gasteiger partial charge in [-0.15, -0.1) is 0 Å². The van der Waals surface area contributed by atoms with Crippen molar-refractivity contribution in [3.05, 3.63) is 328 Å². The number of rotatable bonds is 9. The van der Waals surface area contributed by atoms with E-state index < -0.39 is 0 Å². The normalized spacial score (nSPS) is 13.4. The molecular weight excluding hydrogens is 1160 g/mol. The van der Waals surface area contributed by atoms with Crippen LogP contribution in [0.15, 0.2) is 328 Å². The lowest BCUT2D eigenvalue weighted by Gasteiger charge is -2.47. The zero-order valence-electron chi connectivity index (χ0n) is 51.4. The van der Waals surface area contributed by atoms with E-state index in [0.717, 1.165) is 147 Å². The quantitative estimate of drug-likeness (QED) is 0.133. The van der Waals surface area contributed by atoms with Crippen LogP contribution in [0.3, 0.4) is 0 Å². The molecule has 0 saturated heterocycles. The lowest BCUT2D eigenvalue weighted by atomic mass is 9.29. The summed E-state index contributed by atoms with van der Waals surface area (Å²) in [4.78, 5) is 12.2. The first-order valence-electron chi connectivity index (χ1n) is 32.6. The van der Waals surface area contributed by atoms with Gasteiger partial charge >= 0.3 is 0 Å². The van der Waals surface area contributed by atoms with Crippen molar-refractivity contribution >= 4 is 155 Å². The van der Waals surface area contributed by atoms with E-state index in [-0.39, 0.29) is 20.1 Å². The topological polar surface area (TPSA) is 43.9 Å². The largest absolute Gasteiger partial charge is 0.459 e. The van der Waals surface area contributed by atoms with Crippen LogP contribution in [-0.2, 0) is 0 Å². The van der Waals surface area contributed by atoms with Gasteiger partial charge in [0.05, 0.1) is 11.4 Å². The van der Waals surface area contributed by atoms with Crippen LogP contribution in [0.2, 0.25) is 0 Å². The molecular formula is C84H54B3N5O3. The number of ether oxygens (including phenoxy) is 3. The second-order valence-electron chi connectivity index (χ2n) is 25.0. The van der Waals surface area contributed by atoms with Gasteiger partial charge in [-0.05, 0) is 160 Å². The molecule has 8 nitrogen and oxygen atoms in total. The summed E-state index contributed by atoms with van der Waals surface area (Å²) in [6, 6.07) is 118. The Morgan fingerprint density at radius 2 is 0.568 bits per heavy atom. The Hall–Kier alpha value is -12.3. The van der Waals surface area contributed by atoms with Gasteiger partial charge in [0.1, 0.15) is 34.5 Å². The van der Waals surface area contributed by atoms with Gasteiger partial charge in [-0.3, -0.25) is 0 Å². The Morgan fingerprint density at radius 3 is 1.06 bits per heavy atom. The third-order valence-corrected chi connectivity index (χ3v) is 19.9. The number of para-hydroxylation sites is 10. The van der Waals surface area contributed by atoms with E-state index in [9.17, 15) is 0 Å². The van der Waals surface area contributed by atoms with Crippen LogP contribution in [-0.4, -0.2) is 20.1 Å². The van der Waals surface area contributed by atoms with Crippen molar-refractivity contribution in [2.45, 2.75) is 0 Å². The molecule has 0 spiro atoms. The van der Waals surface area contributed by atoms with E-state index in [0.29, 0.717) is 0 Å². The van der Waals surface area contributed by atoms with Crippen molar-refractivity contribution in [3.8, 4) is 34.5 Å². The molecule has 0 amide bonds. The zero-order chi connectivity index (χ0) is 62.2. The first-order chi connectivity index (χ1) is 47.2. The molecule has 442 valence electrons. The summed E-state index contributed by atoms with van der Waals surface area (Å²) in [7, 11) is 0. The average Bonchev–Trinajstić information content (AvgIpc) is 0.686. The van der Waals surface area contributed by atoms with Crippen LogP contribution >= 0.6 is 0 Å². The Labute approximate surface area is 552 Å². The monoisotopic (exact) mass is 1210 g/mol. The molecule has 0 radical (unpaired) electrons. The molecule has 6 aliphatic rings. The van der Waals surface area contributed by atoms with E-state index in [4.69, 9.17) is 14.2 Å². The molecule has 6 heterocycles. The Kier molecular flexibility index (Phi) is 11.9. The smallest absolute Gasteiger partial charge is 0.265 e. The standard InChI is InChI=1S/C84H54B3N5O3/c1-8-28-55(29-9-1)88(56-30-10-2-11-31-56)62-48-72-80-73(49-62)91(60-38-18-6-19-39-60)70-53-71-68(52-67(70)85(80)64-42-22-25-45-69(64)90(72)59-36-16-5-17-37-59)86-65-43-23-27-47-76(65)95-84-81(86)74(92(71)61-40-20-7-21-41-61)54-79-83(84)87-66-44-24-26-46-75(66)93-77-50-63(51-78(94-79)82(77)87)89(57-32-12-3-13-33-57)58-34-14-4-15-35-58/h1-54H. The molecule has 0 atom stereocenters. The van der Waals surface area contributed by atoms with Crippen molar-refractivity contribution in [2.24, 2.45) is 0 Å². The maximum atomic E-state index is 7.65. The molecule has 20 rings (SSSR count). The highest BCUT2D eigenvalue weighted by Crippen LogP contribution is 2.52. The predicted molar refractivity (Wildman–Crippen MR) is 393 cm³/mol. The number of nitrogens with zero attached hydrogens (tertiary/aromatic N) is 5. The fourth-order valence-electron chi connectivity index (χ4n) is 16.1. The van der Waals surface area contributed by atoms with Crippen LogP contribution in [0.5, 0.6) is 34.5 Å². The van der Waals surface area contributed by atoms with Gasteiger partial charge < -0.3 is 38.7 Å². The van der Waals surface area contributed by atoms with Crippen molar-refractivity contribution in [3.63, 3.8) is 0 Å². The van der Waals surface area contributed by atoms with E-state index in [1.165, 1.54) is 21.9 Å². The van der Waals surface area contributed by atoms with Crippen molar-refractivity contribution in [1.29, 1.82) is 0 Å². The number of fused-ring (bicyclic) bond motifs is 13. The van der Waals surface area contributed by atoms with Crippen molar-refractivity contribution in [2.75, 3.05) is 24.5 Å². The van der Waals surface area contributed by atoms with Gasteiger partial charge in [0.15, 0.2) is 0 Å². The third kappa shape index (κ3) is 8.12. The summed E-state index contributed by atoms with van der Waals surface area (Å²) in [6.45, 7) is -0.766. The molecule has 0 bridgehead atoms. The molecule has 0 fully saturated rings. The van der Waals surface area contributed by atoms with Crippen molar-refractivity contribution in [1.82, 2.24) is 0 Å². The van der Waals surface area contributed by atoms with Crippen LogP contribution in [0, 0.1) is 0 Å². The van der Waals surface area contributed by atoms with Gasteiger partial charge in [-0.25, -0.2) is 0 Å². The predicted octanol–water partition coefficient (Wildman–Crippen LogP) is 15.8. The maximum absolute atomic E-state index is 7.65. The highest BCUT2D eigenvalue weighted by molar-refractivity contribution is 7.04. The summed E-state index contributed by atoms with van der Waals surface area (Å²) in [5, 5.41) is 0. The number of hydrogen-bond donors (Lipinski definition) is 0. The van der Waals surface area contributed by atoms with Crippen LogP contribution < -0.4 is 87.9 Å². The average molecular weight is 1210 g/mol. The summed E-state index contributed by atoms with van der Waals surface area (Å²) >= 11 is 0. The minimum Gasteiger partial charge on any atom is -0.459 e. The molecule has 0 saturated carbocycles. The molecule has 0 N–H and O–H groups in total. The molecule has 0 aliphatic carbocycles. The zero-order valence-corrected chi connectivity index (χ0v) is 51.4. The van der Waals surface area contributed by atoms with Crippen LogP contribution in [0.25, 0.3) is 0 Å². The van der Waals surface area contributed by atoms with Gasteiger partial charge in [-0.1, -0.05) is 188 Å². The number of anilines is 15. The Morgan fingerprint density at radius 1 is 0.211 bits per heavy atom.